The van der Waals surface area contributed by atoms with Crippen molar-refractivity contribution in [3.05, 3.63) is 29.8 Å². The van der Waals surface area contributed by atoms with Crippen LogP contribution in [0.25, 0.3) is 0 Å². The fourth-order valence-corrected chi connectivity index (χ4v) is 2.73. The van der Waals surface area contributed by atoms with Gasteiger partial charge in [0.25, 0.3) is 0 Å². The fraction of sp³-hybridized carbons (Fsp3) is 0.588. The molecule has 1 aliphatic carbocycles. The van der Waals surface area contributed by atoms with E-state index in [1.54, 1.807) is 11.8 Å². The summed E-state index contributed by atoms with van der Waals surface area (Å²) in [6.07, 6.45) is 3.55. The highest BCUT2D eigenvalue weighted by Gasteiger charge is 2.20. The monoisotopic (exact) mass is 306 g/mol. The van der Waals surface area contributed by atoms with Gasteiger partial charge in [-0.25, -0.2) is 0 Å². The van der Waals surface area contributed by atoms with Gasteiger partial charge in [0.1, 0.15) is 0 Å². The highest BCUT2D eigenvalue weighted by atomic mass is 32.2. The average Bonchev–Trinajstić information content (AvgIpc) is 3.27. The number of amides is 1. The van der Waals surface area contributed by atoms with Crippen molar-refractivity contribution in [1.29, 1.82) is 0 Å². The first-order valence-corrected chi connectivity index (χ1v) is 8.73. The Balaban J connectivity index is 1.79. The maximum absolute atomic E-state index is 12.0. The number of rotatable bonds is 8. The van der Waals surface area contributed by atoms with E-state index in [2.05, 4.69) is 55.7 Å². The summed E-state index contributed by atoms with van der Waals surface area (Å²) in [5.74, 6) is 0.580. The van der Waals surface area contributed by atoms with E-state index >= 15 is 0 Å². The number of benzene rings is 1. The van der Waals surface area contributed by atoms with Crippen molar-refractivity contribution >= 4 is 17.7 Å². The Morgan fingerprint density at radius 3 is 2.81 bits per heavy atom. The zero-order chi connectivity index (χ0) is 15.3. The Bertz CT molecular complexity index is 483. The summed E-state index contributed by atoms with van der Waals surface area (Å²) in [6, 6.07) is 9.19. The lowest BCUT2D eigenvalue weighted by molar-refractivity contribution is -0.120. The van der Waals surface area contributed by atoms with E-state index in [1.807, 2.05) is 0 Å². The molecular formula is C17H26N2OS. The number of hydrogen-bond donors (Lipinski definition) is 2. The number of nitrogens with one attached hydrogen (secondary N) is 2. The molecule has 116 valence electrons. The van der Waals surface area contributed by atoms with Crippen molar-refractivity contribution < 1.29 is 4.79 Å². The quantitative estimate of drug-likeness (QED) is 0.724. The van der Waals surface area contributed by atoms with Crippen molar-refractivity contribution in [3.8, 4) is 0 Å². The summed E-state index contributed by atoms with van der Waals surface area (Å²) < 4.78 is 0. The van der Waals surface area contributed by atoms with Gasteiger partial charge in [0.05, 0.1) is 5.75 Å². The second kappa shape index (κ2) is 7.32. The molecule has 0 bridgehead atoms. The van der Waals surface area contributed by atoms with Crippen LogP contribution in [-0.4, -0.2) is 23.2 Å². The average molecular weight is 306 g/mol. The molecule has 2 rings (SSSR count). The summed E-state index contributed by atoms with van der Waals surface area (Å²) in [6.45, 7) is 7.12. The molecule has 1 fully saturated rings. The van der Waals surface area contributed by atoms with Crippen LogP contribution in [0.3, 0.4) is 0 Å². The molecule has 0 aliphatic heterocycles. The minimum atomic E-state index is -0.117. The number of hydrogen-bond acceptors (Lipinski definition) is 3. The van der Waals surface area contributed by atoms with Gasteiger partial charge in [-0.3, -0.25) is 4.79 Å². The van der Waals surface area contributed by atoms with E-state index in [9.17, 15) is 4.79 Å². The van der Waals surface area contributed by atoms with Crippen LogP contribution in [-0.2, 0) is 11.3 Å². The molecule has 3 nitrogen and oxygen atoms in total. The first kappa shape index (κ1) is 16.4. The minimum Gasteiger partial charge on any atom is -0.351 e. The number of thioether (sulfide) groups is 1. The largest absolute Gasteiger partial charge is 0.351 e. The van der Waals surface area contributed by atoms with Crippen LogP contribution in [0, 0.1) is 0 Å². The predicted octanol–water partition coefficient (Wildman–Crippen LogP) is 3.34. The molecule has 0 spiro atoms. The molecule has 0 aromatic heterocycles. The van der Waals surface area contributed by atoms with E-state index in [1.165, 1.54) is 18.4 Å². The third-order valence-electron chi connectivity index (χ3n) is 3.80. The highest BCUT2D eigenvalue weighted by Crippen LogP contribution is 2.22. The summed E-state index contributed by atoms with van der Waals surface area (Å²) in [7, 11) is 0. The SMILES string of the molecule is CCC(C)(C)NC(=O)CSc1cccc(CNC2CC2)c1. The van der Waals surface area contributed by atoms with Gasteiger partial charge in [-0.1, -0.05) is 19.1 Å². The van der Waals surface area contributed by atoms with Crippen molar-refractivity contribution in [2.24, 2.45) is 0 Å². The van der Waals surface area contributed by atoms with Crippen molar-refractivity contribution in [2.45, 2.75) is 63.1 Å². The van der Waals surface area contributed by atoms with E-state index in [0.717, 1.165) is 23.9 Å². The maximum Gasteiger partial charge on any atom is 0.230 e. The molecule has 0 unspecified atom stereocenters. The Hall–Kier alpha value is -1.00. The minimum absolute atomic E-state index is 0.105. The molecule has 0 atom stereocenters. The molecule has 0 radical (unpaired) electrons. The summed E-state index contributed by atoms with van der Waals surface area (Å²) in [5, 5.41) is 6.58. The summed E-state index contributed by atoms with van der Waals surface area (Å²) >= 11 is 1.60. The Morgan fingerprint density at radius 1 is 1.38 bits per heavy atom. The lowest BCUT2D eigenvalue weighted by Crippen LogP contribution is -2.43. The topological polar surface area (TPSA) is 41.1 Å². The van der Waals surface area contributed by atoms with Crippen molar-refractivity contribution in [1.82, 2.24) is 10.6 Å². The van der Waals surface area contributed by atoms with Crippen LogP contribution in [0.15, 0.2) is 29.2 Å². The molecule has 4 heteroatoms. The van der Waals surface area contributed by atoms with Gasteiger partial charge in [-0.05, 0) is 50.8 Å². The Labute approximate surface area is 132 Å². The molecule has 0 saturated heterocycles. The molecule has 1 amide bonds. The van der Waals surface area contributed by atoms with Crippen LogP contribution >= 0.6 is 11.8 Å². The highest BCUT2D eigenvalue weighted by molar-refractivity contribution is 8.00. The molecule has 21 heavy (non-hydrogen) atoms. The van der Waals surface area contributed by atoms with Crippen molar-refractivity contribution in [2.75, 3.05) is 5.75 Å². The van der Waals surface area contributed by atoms with Crippen LogP contribution < -0.4 is 10.6 Å². The lowest BCUT2D eigenvalue weighted by atomic mass is 10.0. The summed E-state index contributed by atoms with van der Waals surface area (Å²) in [4.78, 5) is 13.1. The standard InChI is InChI=1S/C17H26N2OS/c1-4-17(2,3)19-16(20)12-21-15-7-5-6-13(10-15)11-18-14-8-9-14/h5-7,10,14,18H,4,8-9,11-12H2,1-3H3,(H,19,20). The zero-order valence-electron chi connectivity index (χ0n) is 13.2. The lowest BCUT2D eigenvalue weighted by Gasteiger charge is -2.24. The number of carbonyl (C=O) groups is 1. The maximum atomic E-state index is 12.0. The van der Waals surface area contributed by atoms with E-state index in [-0.39, 0.29) is 11.4 Å². The Kier molecular flexibility index (Phi) is 5.71. The van der Waals surface area contributed by atoms with Gasteiger partial charge in [0.2, 0.25) is 5.91 Å². The van der Waals surface area contributed by atoms with Gasteiger partial charge in [0.15, 0.2) is 0 Å². The second-order valence-electron chi connectivity index (χ2n) is 6.38. The van der Waals surface area contributed by atoms with Gasteiger partial charge in [-0.2, -0.15) is 0 Å². The van der Waals surface area contributed by atoms with Crippen molar-refractivity contribution in [3.63, 3.8) is 0 Å². The predicted molar refractivity (Wildman–Crippen MR) is 89.5 cm³/mol. The molecule has 1 saturated carbocycles. The fourth-order valence-electron chi connectivity index (χ4n) is 1.95. The molecule has 1 aromatic carbocycles. The van der Waals surface area contributed by atoms with Crippen LogP contribution in [0.4, 0.5) is 0 Å². The molecule has 2 N–H and O–H groups in total. The van der Waals surface area contributed by atoms with E-state index in [4.69, 9.17) is 0 Å². The van der Waals surface area contributed by atoms with Crippen LogP contribution in [0.1, 0.15) is 45.6 Å². The zero-order valence-corrected chi connectivity index (χ0v) is 14.1. The van der Waals surface area contributed by atoms with Crippen LogP contribution in [0.2, 0.25) is 0 Å². The van der Waals surface area contributed by atoms with Gasteiger partial charge in [-0.15, -0.1) is 11.8 Å². The summed E-state index contributed by atoms with van der Waals surface area (Å²) in [5.41, 5.74) is 1.18. The second-order valence-corrected chi connectivity index (χ2v) is 7.43. The van der Waals surface area contributed by atoms with Gasteiger partial charge in [0, 0.05) is 23.0 Å². The van der Waals surface area contributed by atoms with E-state index in [0.29, 0.717) is 5.75 Å². The third-order valence-corrected chi connectivity index (χ3v) is 4.80. The molecular weight excluding hydrogens is 280 g/mol. The molecule has 1 aromatic rings. The normalized spacial score (nSPS) is 15.0. The first-order chi connectivity index (χ1) is 9.98. The third kappa shape index (κ3) is 6.10. The van der Waals surface area contributed by atoms with Gasteiger partial charge >= 0.3 is 0 Å². The van der Waals surface area contributed by atoms with Crippen LogP contribution in [0.5, 0.6) is 0 Å². The molecule has 1 aliphatic rings. The van der Waals surface area contributed by atoms with E-state index < -0.39 is 0 Å². The number of carbonyl (C=O) groups excluding carboxylic acids is 1. The Morgan fingerprint density at radius 2 is 2.14 bits per heavy atom. The van der Waals surface area contributed by atoms with Gasteiger partial charge < -0.3 is 10.6 Å². The first-order valence-electron chi connectivity index (χ1n) is 7.74. The smallest absolute Gasteiger partial charge is 0.230 e. The molecule has 0 heterocycles.